The first-order valence-corrected chi connectivity index (χ1v) is 9.26. The monoisotopic (exact) mass is 337 g/mol. The number of rotatable bonds is 8. The predicted molar refractivity (Wildman–Crippen MR) is 91.6 cm³/mol. The van der Waals surface area contributed by atoms with Crippen molar-refractivity contribution in [1.82, 2.24) is 20.3 Å². The molecule has 0 atom stereocenters. The number of amides is 1. The highest BCUT2D eigenvalue weighted by molar-refractivity contribution is 7.97. The number of nitrogens with zero attached hydrogens (tertiary/aromatic N) is 3. The van der Waals surface area contributed by atoms with Gasteiger partial charge < -0.3 is 10.6 Å². The first-order valence-electron chi connectivity index (χ1n) is 6.99. The van der Waals surface area contributed by atoms with Crippen molar-refractivity contribution in [2.24, 2.45) is 0 Å². The molecule has 8 heteroatoms. The molecule has 0 saturated heterocycles. The molecule has 22 heavy (non-hydrogen) atoms. The van der Waals surface area contributed by atoms with Gasteiger partial charge in [0.1, 0.15) is 5.01 Å². The van der Waals surface area contributed by atoms with Crippen molar-refractivity contribution in [3.05, 3.63) is 34.0 Å². The van der Waals surface area contributed by atoms with Gasteiger partial charge in [-0.1, -0.05) is 0 Å². The highest BCUT2D eigenvalue weighted by Crippen LogP contribution is 2.15. The van der Waals surface area contributed by atoms with E-state index in [1.165, 1.54) is 12.4 Å². The van der Waals surface area contributed by atoms with Crippen LogP contribution in [-0.2, 0) is 12.2 Å². The van der Waals surface area contributed by atoms with E-state index in [0.717, 1.165) is 29.4 Å². The summed E-state index contributed by atoms with van der Waals surface area (Å²) in [5, 5.41) is 9.02. The molecule has 0 unspecified atom stereocenters. The molecule has 0 saturated carbocycles. The molecular formula is C14H19N5OS2. The standard InChI is InChI=1S/C14H19N5OS2/c1-3-15-14-17-6-10(7-18-14)13(20)16-5-4-11-8-22-12(19-11)9-21-2/h6-8H,3-5,9H2,1-2H3,(H,16,20)(H,15,17,18). The third-order valence-corrected chi connectivity index (χ3v) is 4.43. The van der Waals surface area contributed by atoms with Crippen molar-refractivity contribution < 1.29 is 4.79 Å². The van der Waals surface area contributed by atoms with E-state index in [0.29, 0.717) is 18.1 Å². The molecule has 0 radical (unpaired) electrons. The van der Waals surface area contributed by atoms with Crippen molar-refractivity contribution >= 4 is 35.0 Å². The van der Waals surface area contributed by atoms with Crippen LogP contribution in [0.4, 0.5) is 5.95 Å². The third kappa shape index (κ3) is 4.96. The Bertz CT molecular complexity index is 600. The van der Waals surface area contributed by atoms with Crippen LogP contribution in [0.5, 0.6) is 0 Å². The van der Waals surface area contributed by atoms with Crippen LogP contribution in [0.3, 0.4) is 0 Å². The van der Waals surface area contributed by atoms with E-state index in [9.17, 15) is 4.79 Å². The molecule has 0 aromatic carbocycles. The van der Waals surface area contributed by atoms with Crippen LogP contribution in [0.25, 0.3) is 0 Å². The Hall–Kier alpha value is -1.67. The molecule has 0 aliphatic rings. The maximum atomic E-state index is 12.0. The summed E-state index contributed by atoms with van der Waals surface area (Å²) in [6.07, 6.45) is 5.84. The van der Waals surface area contributed by atoms with Crippen LogP contribution < -0.4 is 10.6 Å². The molecule has 2 aromatic rings. The predicted octanol–water partition coefficient (Wildman–Crippen LogP) is 2.20. The quantitative estimate of drug-likeness (QED) is 0.769. The van der Waals surface area contributed by atoms with E-state index >= 15 is 0 Å². The second-order valence-corrected chi connectivity index (χ2v) is 6.31. The lowest BCUT2D eigenvalue weighted by molar-refractivity contribution is 0.0953. The number of aromatic nitrogens is 3. The average Bonchev–Trinajstić information content (AvgIpc) is 2.96. The summed E-state index contributed by atoms with van der Waals surface area (Å²) < 4.78 is 0. The molecule has 0 bridgehead atoms. The Morgan fingerprint density at radius 1 is 1.36 bits per heavy atom. The third-order valence-electron chi connectivity index (χ3n) is 2.78. The molecular weight excluding hydrogens is 318 g/mol. The van der Waals surface area contributed by atoms with Gasteiger partial charge in [0, 0.05) is 43.0 Å². The largest absolute Gasteiger partial charge is 0.355 e. The van der Waals surface area contributed by atoms with Gasteiger partial charge in [-0.25, -0.2) is 15.0 Å². The summed E-state index contributed by atoms with van der Waals surface area (Å²) in [5.74, 6) is 1.30. The molecule has 2 rings (SSSR count). The average molecular weight is 337 g/mol. The van der Waals surface area contributed by atoms with Gasteiger partial charge in [0.15, 0.2) is 0 Å². The Morgan fingerprint density at radius 2 is 2.14 bits per heavy atom. The van der Waals surface area contributed by atoms with E-state index in [1.807, 2.05) is 12.3 Å². The Balaban J connectivity index is 1.79. The molecule has 0 fully saturated rings. The number of carbonyl (C=O) groups is 1. The van der Waals surface area contributed by atoms with Crippen LogP contribution in [0.1, 0.15) is 28.0 Å². The van der Waals surface area contributed by atoms with Gasteiger partial charge in [-0.2, -0.15) is 11.8 Å². The maximum absolute atomic E-state index is 12.0. The summed E-state index contributed by atoms with van der Waals surface area (Å²) in [6, 6.07) is 0. The summed E-state index contributed by atoms with van der Waals surface area (Å²) >= 11 is 3.42. The zero-order valence-corrected chi connectivity index (χ0v) is 14.3. The van der Waals surface area contributed by atoms with Crippen molar-refractivity contribution in [2.75, 3.05) is 24.7 Å². The Kier molecular flexibility index (Phi) is 6.60. The minimum absolute atomic E-state index is 0.164. The molecule has 6 nitrogen and oxygen atoms in total. The van der Waals surface area contributed by atoms with E-state index < -0.39 is 0 Å². The second kappa shape index (κ2) is 8.70. The molecule has 0 spiro atoms. The Morgan fingerprint density at radius 3 is 2.82 bits per heavy atom. The number of hydrogen-bond acceptors (Lipinski definition) is 7. The van der Waals surface area contributed by atoms with Gasteiger partial charge in [-0.05, 0) is 13.2 Å². The fraction of sp³-hybridized carbons (Fsp3) is 0.429. The van der Waals surface area contributed by atoms with Gasteiger partial charge in [0.05, 0.1) is 11.3 Å². The second-order valence-electron chi connectivity index (χ2n) is 4.50. The summed E-state index contributed by atoms with van der Waals surface area (Å²) in [7, 11) is 0. The van der Waals surface area contributed by atoms with Gasteiger partial charge in [0.2, 0.25) is 5.95 Å². The number of carbonyl (C=O) groups excluding carboxylic acids is 1. The lowest BCUT2D eigenvalue weighted by Crippen LogP contribution is -2.26. The molecule has 118 valence electrons. The zero-order valence-electron chi connectivity index (χ0n) is 12.6. The van der Waals surface area contributed by atoms with Crippen LogP contribution in [-0.4, -0.2) is 40.2 Å². The highest BCUT2D eigenvalue weighted by Gasteiger charge is 2.07. The number of thioether (sulfide) groups is 1. The molecule has 0 aliphatic carbocycles. The minimum Gasteiger partial charge on any atom is -0.355 e. The number of nitrogens with one attached hydrogen (secondary N) is 2. The van der Waals surface area contributed by atoms with Crippen LogP contribution in [0.15, 0.2) is 17.8 Å². The fourth-order valence-electron chi connectivity index (χ4n) is 1.75. The van der Waals surface area contributed by atoms with Gasteiger partial charge in [-0.15, -0.1) is 11.3 Å². The van der Waals surface area contributed by atoms with Crippen LogP contribution in [0.2, 0.25) is 0 Å². The van der Waals surface area contributed by atoms with Gasteiger partial charge >= 0.3 is 0 Å². The highest BCUT2D eigenvalue weighted by atomic mass is 32.2. The van der Waals surface area contributed by atoms with Crippen LogP contribution in [0, 0.1) is 0 Å². The zero-order chi connectivity index (χ0) is 15.8. The maximum Gasteiger partial charge on any atom is 0.254 e. The van der Waals surface area contributed by atoms with Gasteiger partial charge in [0.25, 0.3) is 5.91 Å². The van der Waals surface area contributed by atoms with E-state index in [2.05, 4.69) is 31.8 Å². The van der Waals surface area contributed by atoms with Crippen molar-refractivity contribution in [3.63, 3.8) is 0 Å². The summed E-state index contributed by atoms with van der Waals surface area (Å²) in [4.78, 5) is 24.7. The fourth-order valence-corrected chi connectivity index (χ4v) is 3.30. The van der Waals surface area contributed by atoms with Crippen molar-refractivity contribution in [1.29, 1.82) is 0 Å². The molecule has 1 amide bonds. The summed E-state index contributed by atoms with van der Waals surface area (Å²) in [5.41, 5.74) is 1.48. The lowest BCUT2D eigenvalue weighted by Gasteiger charge is -2.05. The number of thiazole rings is 1. The Labute approximate surface area is 138 Å². The SMILES string of the molecule is CCNc1ncc(C(=O)NCCc2csc(CSC)n2)cn1. The molecule has 2 N–H and O–H groups in total. The number of hydrogen-bond donors (Lipinski definition) is 2. The topological polar surface area (TPSA) is 79.8 Å². The first kappa shape index (κ1) is 16.7. The molecule has 2 aromatic heterocycles. The van der Waals surface area contributed by atoms with Crippen molar-refractivity contribution in [2.45, 2.75) is 19.1 Å². The van der Waals surface area contributed by atoms with Gasteiger partial charge in [-0.3, -0.25) is 4.79 Å². The molecule has 2 heterocycles. The lowest BCUT2D eigenvalue weighted by atomic mass is 10.3. The minimum atomic E-state index is -0.164. The number of anilines is 1. The van der Waals surface area contributed by atoms with E-state index in [4.69, 9.17) is 0 Å². The molecule has 0 aliphatic heterocycles. The smallest absolute Gasteiger partial charge is 0.254 e. The van der Waals surface area contributed by atoms with Crippen LogP contribution >= 0.6 is 23.1 Å². The van der Waals surface area contributed by atoms with E-state index in [1.54, 1.807) is 23.1 Å². The van der Waals surface area contributed by atoms with E-state index in [-0.39, 0.29) is 5.91 Å². The van der Waals surface area contributed by atoms with Crippen molar-refractivity contribution in [3.8, 4) is 0 Å². The summed E-state index contributed by atoms with van der Waals surface area (Å²) in [6.45, 7) is 3.26. The first-order chi connectivity index (χ1) is 10.7. The normalized spacial score (nSPS) is 10.5.